The van der Waals surface area contributed by atoms with Crippen LogP contribution in [0.2, 0.25) is 0 Å². The lowest BCUT2D eigenvalue weighted by Crippen LogP contribution is -2.45. The summed E-state index contributed by atoms with van der Waals surface area (Å²) in [5, 5.41) is 9.01. The standard InChI is InChI=1S/C14H20N2O/c1-10(16)13(14(2,3)4)17-12-8-6-5-7-11(12)9-15/h5-8,10,13H,16H2,1-4H3. The Bertz CT molecular complexity index is 413. The molecule has 0 saturated carbocycles. The average Bonchev–Trinajstić information content (AvgIpc) is 2.24. The molecule has 1 rings (SSSR count). The van der Waals surface area contributed by atoms with E-state index in [9.17, 15) is 0 Å². The summed E-state index contributed by atoms with van der Waals surface area (Å²) < 4.78 is 5.91. The number of rotatable bonds is 3. The Balaban J connectivity index is 2.99. The molecule has 0 aliphatic heterocycles. The molecular formula is C14H20N2O. The number of nitriles is 1. The van der Waals surface area contributed by atoms with Gasteiger partial charge in [0.1, 0.15) is 17.9 Å². The maximum absolute atomic E-state index is 9.01. The maximum Gasteiger partial charge on any atom is 0.137 e. The molecule has 0 aliphatic rings. The molecule has 0 fully saturated rings. The van der Waals surface area contributed by atoms with E-state index < -0.39 is 0 Å². The number of benzene rings is 1. The van der Waals surface area contributed by atoms with Gasteiger partial charge in [-0.3, -0.25) is 0 Å². The van der Waals surface area contributed by atoms with Crippen LogP contribution in [0.4, 0.5) is 0 Å². The summed E-state index contributed by atoms with van der Waals surface area (Å²) >= 11 is 0. The van der Waals surface area contributed by atoms with Crippen molar-refractivity contribution in [2.75, 3.05) is 0 Å². The van der Waals surface area contributed by atoms with Crippen LogP contribution in [0.5, 0.6) is 5.75 Å². The number of para-hydroxylation sites is 1. The molecule has 2 unspecified atom stereocenters. The first-order valence-electron chi connectivity index (χ1n) is 5.77. The Morgan fingerprint density at radius 3 is 2.35 bits per heavy atom. The first kappa shape index (κ1) is 13.5. The van der Waals surface area contributed by atoms with Crippen LogP contribution >= 0.6 is 0 Å². The molecule has 0 radical (unpaired) electrons. The van der Waals surface area contributed by atoms with E-state index in [1.54, 1.807) is 12.1 Å². The van der Waals surface area contributed by atoms with Gasteiger partial charge in [-0.15, -0.1) is 0 Å². The van der Waals surface area contributed by atoms with Crippen LogP contribution in [0.3, 0.4) is 0 Å². The van der Waals surface area contributed by atoms with Gasteiger partial charge in [-0.1, -0.05) is 32.9 Å². The van der Waals surface area contributed by atoms with Gasteiger partial charge in [-0.05, 0) is 19.1 Å². The molecule has 3 nitrogen and oxygen atoms in total. The lowest BCUT2D eigenvalue weighted by Gasteiger charge is -2.34. The van der Waals surface area contributed by atoms with Crippen LogP contribution in [-0.2, 0) is 0 Å². The molecule has 2 atom stereocenters. The van der Waals surface area contributed by atoms with E-state index in [1.165, 1.54) is 0 Å². The van der Waals surface area contributed by atoms with Gasteiger partial charge in [-0.2, -0.15) is 5.26 Å². The summed E-state index contributed by atoms with van der Waals surface area (Å²) in [6.45, 7) is 8.16. The Morgan fingerprint density at radius 1 is 1.29 bits per heavy atom. The molecule has 1 aromatic rings. The minimum atomic E-state index is -0.128. The van der Waals surface area contributed by atoms with E-state index in [2.05, 4.69) is 26.8 Å². The molecule has 0 aliphatic carbocycles. The van der Waals surface area contributed by atoms with Crippen LogP contribution in [0, 0.1) is 16.7 Å². The lowest BCUT2D eigenvalue weighted by atomic mass is 9.85. The van der Waals surface area contributed by atoms with Crippen LogP contribution in [0.1, 0.15) is 33.3 Å². The fraction of sp³-hybridized carbons (Fsp3) is 0.500. The topological polar surface area (TPSA) is 59.0 Å². The van der Waals surface area contributed by atoms with E-state index in [-0.39, 0.29) is 17.6 Å². The number of hydrogen-bond donors (Lipinski definition) is 1. The molecule has 3 heteroatoms. The molecule has 0 heterocycles. The molecule has 0 saturated heterocycles. The van der Waals surface area contributed by atoms with Crippen molar-refractivity contribution in [2.45, 2.75) is 39.8 Å². The van der Waals surface area contributed by atoms with Gasteiger partial charge in [0.2, 0.25) is 0 Å². The first-order chi connectivity index (χ1) is 7.86. The van der Waals surface area contributed by atoms with Crippen molar-refractivity contribution in [2.24, 2.45) is 11.1 Å². The summed E-state index contributed by atoms with van der Waals surface area (Å²) in [4.78, 5) is 0. The van der Waals surface area contributed by atoms with Crippen LogP contribution in [0.25, 0.3) is 0 Å². The Hall–Kier alpha value is -1.53. The first-order valence-corrected chi connectivity index (χ1v) is 5.77. The smallest absolute Gasteiger partial charge is 0.137 e. The number of ether oxygens (including phenoxy) is 1. The zero-order valence-electron chi connectivity index (χ0n) is 10.9. The zero-order valence-corrected chi connectivity index (χ0v) is 10.9. The fourth-order valence-electron chi connectivity index (χ4n) is 1.87. The van der Waals surface area contributed by atoms with Gasteiger partial charge >= 0.3 is 0 Å². The molecule has 0 aromatic heterocycles. The van der Waals surface area contributed by atoms with Crippen molar-refractivity contribution < 1.29 is 4.74 Å². The van der Waals surface area contributed by atoms with Crippen molar-refractivity contribution in [3.63, 3.8) is 0 Å². The van der Waals surface area contributed by atoms with Crippen molar-refractivity contribution in [3.8, 4) is 11.8 Å². The number of nitrogens with zero attached hydrogens (tertiary/aromatic N) is 1. The number of nitrogens with two attached hydrogens (primary N) is 1. The minimum absolute atomic E-state index is 0.0727. The lowest BCUT2D eigenvalue weighted by molar-refractivity contribution is 0.0681. The summed E-state index contributed by atoms with van der Waals surface area (Å²) in [5.41, 5.74) is 6.43. The van der Waals surface area contributed by atoms with E-state index in [1.807, 2.05) is 19.1 Å². The van der Waals surface area contributed by atoms with Crippen LogP contribution < -0.4 is 10.5 Å². The molecule has 92 valence electrons. The quantitative estimate of drug-likeness (QED) is 0.871. The highest BCUT2D eigenvalue weighted by Crippen LogP contribution is 2.28. The summed E-state index contributed by atoms with van der Waals surface area (Å²) in [5.74, 6) is 0.604. The van der Waals surface area contributed by atoms with Gasteiger partial charge in [0.25, 0.3) is 0 Å². The highest BCUT2D eigenvalue weighted by molar-refractivity contribution is 5.42. The molecular weight excluding hydrogens is 212 g/mol. The van der Waals surface area contributed by atoms with Crippen molar-refractivity contribution in [1.29, 1.82) is 5.26 Å². The second kappa shape index (κ2) is 5.20. The van der Waals surface area contributed by atoms with Crippen LogP contribution in [-0.4, -0.2) is 12.1 Å². The Kier molecular flexibility index (Phi) is 4.14. The average molecular weight is 232 g/mol. The normalized spacial score (nSPS) is 14.8. The third kappa shape index (κ3) is 3.47. The van der Waals surface area contributed by atoms with E-state index in [4.69, 9.17) is 15.7 Å². The Labute approximate surface area is 103 Å². The highest BCUT2D eigenvalue weighted by Gasteiger charge is 2.30. The molecule has 0 amide bonds. The van der Waals surface area contributed by atoms with Crippen molar-refractivity contribution in [3.05, 3.63) is 29.8 Å². The SMILES string of the molecule is CC(N)C(Oc1ccccc1C#N)C(C)(C)C. The highest BCUT2D eigenvalue weighted by atomic mass is 16.5. The largest absolute Gasteiger partial charge is 0.487 e. The van der Waals surface area contributed by atoms with Crippen molar-refractivity contribution in [1.82, 2.24) is 0 Å². The van der Waals surface area contributed by atoms with Gasteiger partial charge in [-0.25, -0.2) is 0 Å². The third-order valence-corrected chi connectivity index (χ3v) is 2.59. The van der Waals surface area contributed by atoms with Crippen LogP contribution in [0.15, 0.2) is 24.3 Å². The van der Waals surface area contributed by atoms with E-state index >= 15 is 0 Å². The molecule has 17 heavy (non-hydrogen) atoms. The number of hydrogen-bond acceptors (Lipinski definition) is 3. The van der Waals surface area contributed by atoms with E-state index in [0.717, 1.165) is 0 Å². The third-order valence-electron chi connectivity index (χ3n) is 2.59. The fourth-order valence-corrected chi connectivity index (χ4v) is 1.87. The molecule has 0 spiro atoms. The second-order valence-corrected chi connectivity index (χ2v) is 5.37. The van der Waals surface area contributed by atoms with Crippen molar-refractivity contribution >= 4 is 0 Å². The second-order valence-electron chi connectivity index (χ2n) is 5.37. The van der Waals surface area contributed by atoms with Gasteiger partial charge in [0.15, 0.2) is 0 Å². The maximum atomic E-state index is 9.01. The summed E-state index contributed by atoms with van der Waals surface area (Å²) in [7, 11) is 0. The Morgan fingerprint density at radius 2 is 1.88 bits per heavy atom. The van der Waals surface area contributed by atoms with Gasteiger partial charge < -0.3 is 10.5 Å². The van der Waals surface area contributed by atoms with E-state index in [0.29, 0.717) is 11.3 Å². The molecule has 0 bridgehead atoms. The molecule has 2 N–H and O–H groups in total. The van der Waals surface area contributed by atoms with Gasteiger partial charge in [0, 0.05) is 11.5 Å². The van der Waals surface area contributed by atoms with Gasteiger partial charge in [0.05, 0.1) is 5.56 Å². The predicted molar refractivity (Wildman–Crippen MR) is 68.7 cm³/mol. The monoisotopic (exact) mass is 232 g/mol. The predicted octanol–water partition coefficient (Wildman–Crippen LogP) is 2.70. The molecule has 1 aromatic carbocycles. The zero-order chi connectivity index (χ0) is 13.1. The summed E-state index contributed by atoms with van der Waals surface area (Å²) in [6, 6.07) is 9.26. The summed E-state index contributed by atoms with van der Waals surface area (Å²) in [6.07, 6.45) is -0.128. The minimum Gasteiger partial charge on any atom is -0.487 e.